The second-order valence-electron chi connectivity index (χ2n) is 7.32. The van der Waals surface area contributed by atoms with Gasteiger partial charge in [0.25, 0.3) is 15.9 Å². The van der Waals surface area contributed by atoms with E-state index in [9.17, 15) is 13.2 Å². The molecule has 1 atom stereocenters. The number of aryl methyl sites for hydroxylation is 1. The van der Waals surface area contributed by atoms with Gasteiger partial charge in [-0.25, -0.2) is 8.42 Å². The number of halogens is 1. The lowest BCUT2D eigenvalue weighted by atomic mass is 10.2. The molecule has 32 heavy (non-hydrogen) atoms. The average molecular weight is 473 g/mol. The van der Waals surface area contributed by atoms with E-state index in [0.717, 1.165) is 5.56 Å². The lowest BCUT2D eigenvalue weighted by Crippen LogP contribution is -2.40. The SMILES string of the molecule is Cc1ccc(S(=O)(=O)Nc2ccc(C(=O)NC[C@@H]3COc4ccccc4O3)c(Cl)c2)cc1. The van der Waals surface area contributed by atoms with Crippen LogP contribution in [0.2, 0.25) is 5.02 Å². The Balaban J connectivity index is 1.38. The Morgan fingerprint density at radius 2 is 1.78 bits per heavy atom. The van der Waals surface area contributed by atoms with Crippen molar-refractivity contribution >= 4 is 33.2 Å². The number of amides is 1. The van der Waals surface area contributed by atoms with Gasteiger partial charge in [0.1, 0.15) is 12.7 Å². The smallest absolute Gasteiger partial charge is 0.261 e. The number of fused-ring (bicyclic) bond motifs is 1. The summed E-state index contributed by atoms with van der Waals surface area (Å²) < 4.78 is 39.0. The second-order valence-corrected chi connectivity index (χ2v) is 9.41. The molecule has 1 heterocycles. The highest BCUT2D eigenvalue weighted by Gasteiger charge is 2.22. The van der Waals surface area contributed by atoms with E-state index in [4.69, 9.17) is 21.1 Å². The maximum Gasteiger partial charge on any atom is 0.261 e. The van der Waals surface area contributed by atoms with Crippen molar-refractivity contribution in [3.05, 3.63) is 82.9 Å². The number of sulfonamides is 1. The van der Waals surface area contributed by atoms with Gasteiger partial charge in [0.05, 0.1) is 27.7 Å². The first-order valence-electron chi connectivity index (χ1n) is 9.87. The number of anilines is 1. The molecule has 1 aliphatic heterocycles. The molecule has 0 aromatic heterocycles. The summed E-state index contributed by atoms with van der Waals surface area (Å²) in [6.07, 6.45) is -0.340. The van der Waals surface area contributed by atoms with Crippen molar-refractivity contribution in [3.63, 3.8) is 0 Å². The van der Waals surface area contributed by atoms with Gasteiger partial charge >= 0.3 is 0 Å². The Hall–Kier alpha value is -3.23. The van der Waals surface area contributed by atoms with Gasteiger partial charge in [0.2, 0.25) is 0 Å². The molecular formula is C23H21ClN2O5S. The van der Waals surface area contributed by atoms with Gasteiger partial charge in [-0.1, -0.05) is 41.4 Å². The van der Waals surface area contributed by atoms with Crippen molar-refractivity contribution in [2.75, 3.05) is 17.9 Å². The molecule has 4 rings (SSSR count). The van der Waals surface area contributed by atoms with Gasteiger partial charge in [-0.15, -0.1) is 0 Å². The Morgan fingerprint density at radius 1 is 1.06 bits per heavy atom. The number of benzene rings is 3. The van der Waals surface area contributed by atoms with Gasteiger partial charge in [0, 0.05) is 0 Å². The predicted octanol–water partition coefficient (Wildman–Crippen LogP) is 4.02. The van der Waals surface area contributed by atoms with Crippen molar-refractivity contribution in [2.24, 2.45) is 0 Å². The number of carbonyl (C=O) groups is 1. The third-order valence-corrected chi connectivity index (χ3v) is 6.56. The van der Waals surface area contributed by atoms with Crippen molar-refractivity contribution < 1.29 is 22.7 Å². The second kappa shape index (κ2) is 9.10. The minimum absolute atomic E-state index is 0.123. The zero-order chi connectivity index (χ0) is 22.7. The minimum atomic E-state index is -3.77. The molecule has 0 unspecified atom stereocenters. The third-order valence-electron chi connectivity index (χ3n) is 4.86. The molecule has 0 saturated carbocycles. The molecule has 9 heteroatoms. The molecule has 7 nitrogen and oxygen atoms in total. The summed E-state index contributed by atoms with van der Waals surface area (Å²) in [6, 6.07) is 18.2. The van der Waals surface area contributed by atoms with Crippen LogP contribution in [0.4, 0.5) is 5.69 Å². The van der Waals surface area contributed by atoms with Crippen LogP contribution in [0.1, 0.15) is 15.9 Å². The highest BCUT2D eigenvalue weighted by molar-refractivity contribution is 7.92. The maximum atomic E-state index is 12.6. The van der Waals surface area contributed by atoms with E-state index in [-0.39, 0.29) is 33.8 Å². The number of hydrogen-bond acceptors (Lipinski definition) is 5. The van der Waals surface area contributed by atoms with Crippen molar-refractivity contribution in [1.29, 1.82) is 0 Å². The molecule has 1 amide bonds. The average Bonchev–Trinajstić information content (AvgIpc) is 2.77. The van der Waals surface area contributed by atoms with Crippen LogP contribution in [-0.2, 0) is 10.0 Å². The van der Waals surface area contributed by atoms with Crippen molar-refractivity contribution in [3.8, 4) is 11.5 Å². The number of carbonyl (C=O) groups excluding carboxylic acids is 1. The summed E-state index contributed by atoms with van der Waals surface area (Å²) in [7, 11) is -3.77. The number of rotatable bonds is 6. The Labute approximate surface area is 191 Å². The topological polar surface area (TPSA) is 93.7 Å². The lowest BCUT2D eigenvalue weighted by Gasteiger charge is -2.26. The summed E-state index contributed by atoms with van der Waals surface area (Å²) in [5.74, 6) is 0.897. The van der Waals surface area contributed by atoms with E-state index in [0.29, 0.717) is 18.1 Å². The van der Waals surface area contributed by atoms with Crippen molar-refractivity contribution in [1.82, 2.24) is 5.32 Å². The zero-order valence-electron chi connectivity index (χ0n) is 17.2. The van der Waals surface area contributed by atoms with E-state index in [1.54, 1.807) is 18.2 Å². The van der Waals surface area contributed by atoms with Crippen LogP contribution in [0.3, 0.4) is 0 Å². The number of nitrogens with one attached hydrogen (secondary N) is 2. The van der Waals surface area contributed by atoms with Crippen LogP contribution < -0.4 is 19.5 Å². The Bertz CT molecular complexity index is 1250. The fourth-order valence-electron chi connectivity index (χ4n) is 3.16. The van der Waals surface area contributed by atoms with Crippen LogP contribution in [0.5, 0.6) is 11.5 Å². The van der Waals surface area contributed by atoms with E-state index in [1.807, 2.05) is 25.1 Å². The summed E-state index contributed by atoms with van der Waals surface area (Å²) in [5.41, 5.74) is 1.44. The van der Waals surface area contributed by atoms with Gasteiger partial charge in [0.15, 0.2) is 11.5 Å². The van der Waals surface area contributed by atoms with E-state index in [2.05, 4.69) is 10.0 Å². The summed E-state index contributed by atoms with van der Waals surface area (Å²) in [4.78, 5) is 12.7. The molecular weight excluding hydrogens is 452 g/mol. The first kappa shape index (κ1) is 22.0. The highest BCUT2D eigenvalue weighted by Crippen LogP contribution is 2.30. The van der Waals surface area contributed by atoms with E-state index < -0.39 is 15.9 Å². The molecule has 3 aromatic carbocycles. The summed E-state index contributed by atoms with van der Waals surface area (Å²) in [6.45, 7) is 2.41. The summed E-state index contributed by atoms with van der Waals surface area (Å²) >= 11 is 6.26. The molecule has 0 radical (unpaired) electrons. The van der Waals surface area contributed by atoms with Crippen LogP contribution in [0.25, 0.3) is 0 Å². The summed E-state index contributed by atoms with van der Waals surface area (Å²) in [5, 5.41) is 2.90. The molecule has 2 N–H and O–H groups in total. The maximum absolute atomic E-state index is 12.6. The van der Waals surface area contributed by atoms with Gasteiger partial charge < -0.3 is 14.8 Å². The third kappa shape index (κ3) is 4.98. The lowest BCUT2D eigenvalue weighted by molar-refractivity contribution is 0.0789. The normalized spacial score (nSPS) is 15.1. The number of ether oxygens (including phenoxy) is 2. The quantitative estimate of drug-likeness (QED) is 0.565. The minimum Gasteiger partial charge on any atom is -0.486 e. The van der Waals surface area contributed by atoms with Crippen LogP contribution in [0.15, 0.2) is 71.6 Å². The molecule has 1 aliphatic rings. The standard InChI is InChI=1S/C23H21ClN2O5S/c1-15-6-9-18(10-7-15)32(28,29)26-16-8-11-19(20(24)12-16)23(27)25-13-17-14-30-21-4-2-3-5-22(21)31-17/h2-12,17,26H,13-14H2,1H3,(H,25,27)/t17-/m1/s1. The van der Waals surface area contributed by atoms with E-state index >= 15 is 0 Å². The molecule has 0 aliphatic carbocycles. The number of para-hydroxylation sites is 2. The van der Waals surface area contributed by atoms with Gasteiger partial charge in [-0.2, -0.15) is 0 Å². The van der Waals surface area contributed by atoms with Crippen LogP contribution in [0, 0.1) is 6.92 Å². The van der Waals surface area contributed by atoms with E-state index in [1.165, 1.54) is 30.3 Å². The molecule has 0 fully saturated rings. The Morgan fingerprint density at radius 3 is 2.50 bits per heavy atom. The highest BCUT2D eigenvalue weighted by atomic mass is 35.5. The Kier molecular flexibility index (Phi) is 6.25. The largest absolute Gasteiger partial charge is 0.486 e. The number of hydrogen-bond donors (Lipinski definition) is 2. The van der Waals surface area contributed by atoms with Crippen LogP contribution in [-0.4, -0.2) is 33.6 Å². The fraction of sp³-hybridized carbons (Fsp3) is 0.174. The van der Waals surface area contributed by atoms with Crippen molar-refractivity contribution in [2.45, 2.75) is 17.9 Å². The fourth-order valence-corrected chi connectivity index (χ4v) is 4.48. The first-order valence-corrected chi connectivity index (χ1v) is 11.7. The molecule has 0 saturated heterocycles. The van der Waals surface area contributed by atoms with Gasteiger partial charge in [-0.05, 0) is 49.4 Å². The molecule has 166 valence electrons. The monoisotopic (exact) mass is 472 g/mol. The van der Waals surface area contributed by atoms with Gasteiger partial charge in [-0.3, -0.25) is 9.52 Å². The molecule has 3 aromatic rings. The molecule has 0 spiro atoms. The predicted molar refractivity (Wildman–Crippen MR) is 122 cm³/mol. The van der Waals surface area contributed by atoms with Crippen LogP contribution >= 0.6 is 11.6 Å². The first-order chi connectivity index (χ1) is 15.3. The molecule has 0 bridgehead atoms. The zero-order valence-corrected chi connectivity index (χ0v) is 18.7.